The second kappa shape index (κ2) is 8.36. The molecule has 2 heterocycles. The van der Waals surface area contributed by atoms with Gasteiger partial charge in [-0.15, -0.1) is 0 Å². The van der Waals surface area contributed by atoms with Gasteiger partial charge in [-0.05, 0) is 80.1 Å². The Morgan fingerprint density at radius 2 is 1.54 bits per heavy atom. The van der Waals surface area contributed by atoms with E-state index in [0.29, 0.717) is 10.8 Å². The van der Waals surface area contributed by atoms with Crippen molar-refractivity contribution in [2.45, 2.75) is 78.3 Å². The first kappa shape index (κ1) is 20.2. The summed E-state index contributed by atoms with van der Waals surface area (Å²) >= 11 is 0. The van der Waals surface area contributed by atoms with E-state index in [2.05, 4.69) is 60.2 Å². The topological polar surface area (TPSA) is 18.5 Å². The van der Waals surface area contributed by atoms with Crippen LogP contribution in [0, 0.1) is 10.8 Å². The summed E-state index contributed by atoms with van der Waals surface area (Å²) in [6.07, 6.45) is 10.0. The standard InChI is InChI=1S/C25H41N3/c1-24(2,3)20-26-19-21-7-9-23(10-8-21)28-17-13-25(14-18-28)11-15-27(16-12-25)22-5-4-6-22/h7-10,22,26H,4-6,11-20H2,1-3H3. The zero-order valence-electron chi connectivity index (χ0n) is 18.5. The van der Waals surface area contributed by atoms with E-state index < -0.39 is 0 Å². The third-order valence-corrected chi connectivity index (χ3v) is 7.56. The quantitative estimate of drug-likeness (QED) is 0.767. The smallest absolute Gasteiger partial charge is 0.0366 e. The van der Waals surface area contributed by atoms with Crippen molar-refractivity contribution in [1.29, 1.82) is 0 Å². The molecular formula is C25H41N3. The molecule has 1 N–H and O–H groups in total. The van der Waals surface area contributed by atoms with Gasteiger partial charge < -0.3 is 15.1 Å². The van der Waals surface area contributed by atoms with Crippen molar-refractivity contribution in [1.82, 2.24) is 10.2 Å². The summed E-state index contributed by atoms with van der Waals surface area (Å²) < 4.78 is 0. The molecule has 1 aliphatic carbocycles. The maximum atomic E-state index is 3.58. The lowest BCUT2D eigenvalue weighted by Gasteiger charge is -2.50. The summed E-state index contributed by atoms with van der Waals surface area (Å²) in [7, 11) is 0. The molecule has 0 amide bonds. The van der Waals surface area contributed by atoms with Crippen molar-refractivity contribution >= 4 is 5.69 Å². The van der Waals surface area contributed by atoms with Gasteiger partial charge >= 0.3 is 0 Å². The van der Waals surface area contributed by atoms with Gasteiger partial charge in [-0.2, -0.15) is 0 Å². The molecule has 3 nitrogen and oxygen atoms in total. The predicted molar refractivity (Wildman–Crippen MR) is 120 cm³/mol. The molecule has 1 spiro atoms. The van der Waals surface area contributed by atoms with E-state index >= 15 is 0 Å². The van der Waals surface area contributed by atoms with Crippen LogP contribution in [0.4, 0.5) is 5.69 Å². The molecule has 3 fully saturated rings. The number of hydrogen-bond donors (Lipinski definition) is 1. The van der Waals surface area contributed by atoms with Crippen LogP contribution in [0.25, 0.3) is 0 Å². The molecule has 3 aliphatic rings. The average molecular weight is 384 g/mol. The van der Waals surface area contributed by atoms with Gasteiger partial charge in [-0.3, -0.25) is 0 Å². The first-order valence-corrected chi connectivity index (χ1v) is 11.7. The number of likely N-dealkylation sites (tertiary alicyclic amines) is 1. The van der Waals surface area contributed by atoms with E-state index in [-0.39, 0.29) is 0 Å². The Morgan fingerprint density at radius 1 is 0.929 bits per heavy atom. The van der Waals surface area contributed by atoms with Gasteiger partial charge in [0.2, 0.25) is 0 Å². The Kier molecular flexibility index (Phi) is 6.04. The van der Waals surface area contributed by atoms with Crippen LogP contribution in [0.2, 0.25) is 0 Å². The molecule has 1 aromatic rings. The molecule has 0 unspecified atom stereocenters. The van der Waals surface area contributed by atoms with Crippen LogP contribution in [0.5, 0.6) is 0 Å². The molecule has 28 heavy (non-hydrogen) atoms. The van der Waals surface area contributed by atoms with Gasteiger partial charge in [0.15, 0.2) is 0 Å². The van der Waals surface area contributed by atoms with Crippen molar-refractivity contribution < 1.29 is 0 Å². The fourth-order valence-electron chi connectivity index (χ4n) is 5.26. The van der Waals surface area contributed by atoms with Gasteiger partial charge in [0.05, 0.1) is 0 Å². The molecule has 1 aromatic carbocycles. The van der Waals surface area contributed by atoms with Gasteiger partial charge in [0.1, 0.15) is 0 Å². The third kappa shape index (κ3) is 4.91. The lowest BCUT2D eigenvalue weighted by Crippen LogP contribution is -2.50. The zero-order chi connectivity index (χ0) is 19.6. The van der Waals surface area contributed by atoms with E-state index in [1.807, 2.05) is 0 Å². The van der Waals surface area contributed by atoms with Crippen LogP contribution in [-0.4, -0.2) is 43.7 Å². The van der Waals surface area contributed by atoms with E-state index in [9.17, 15) is 0 Å². The number of nitrogens with one attached hydrogen (secondary N) is 1. The lowest BCUT2D eigenvalue weighted by molar-refractivity contribution is 0.0306. The molecule has 3 heteroatoms. The van der Waals surface area contributed by atoms with Gasteiger partial charge in [0, 0.05) is 37.9 Å². The molecular weight excluding hydrogens is 342 g/mol. The zero-order valence-corrected chi connectivity index (χ0v) is 18.5. The minimum absolute atomic E-state index is 0.345. The number of anilines is 1. The second-order valence-corrected chi connectivity index (χ2v) is 10.9. The normalized spacial score (nSPS) is 23.8. The number of benzene rings is 1. The van der Waals surface area contributed by atoms with Crippen LogP contribution >= 0.6 is 0 Å². The minimum atomic E-state index is 0.345. The number of nitrogens with zero attached hydrogens (tertiary/aromatic N) is 2. The highest BCUT2D eigenvalue weighted by atomic mass is 15.2. The molecule has 2 aliphatic heterocycles. The second-order valence-electron chi connectivity index (χ2n) is 10.9. The van der Waals surface area contributed by atoms with E-state index in [1.165, 1.54) is 82.4 Å². The Balaban J connectivity index is 1.23. The summed E-state index contributed by atoms with van der Waals surface area (Å²) in [5.41, 5.74) is 3.80. The Labute approximate surface area is 172 Å². The van der Waals surface area contributed by atoms with Crippen LogP contribution in [-0.2, 0) is 6.54 Å². The number of hydrogen-bond acceptors (Lipinski definition) is 3. The summed E-state index contributed by atoms with van der Waals surface area (Å²) in [4.78, 5) is 5.42. The highest BCUT2D eigenvalue weighted by molar-refractivity contribution is 5.48. The van der Waals surface area contributed by atoms with Gasteiger partial charge in [-0.1, -0.05) is 39.3 Å². The average Bonchev–Trinajstić information content (AvgIpc) is 2.63. The van der Waals surface area contributed by atoms with Crippen LogP contribution in [0.1, 0.15) is 71.3 Å². The number of piperidine rings is 2. The monoisotopic (exact) mass is 383 g/mol. The Morgan fingerprint density at radius 3 is 2.07 bits per heavy atom. The van der Waals surface area contributed by atoms with Crippen LogP contribution < -0.4 is 10.2 Å². The fourth-order valence-corrected chi connectivity index (χ4v) is 5.26. The van der Waals surface area contributed by atoms with Crippen LogP contribution in [0.3, 0.4) is 0 Å². The minimum Gasteiger partial charge on any atom is -0.371 e. The van der Waals surface area contributed by atoms with E-state index in [1.54, 1.807) is 0 Å². The summed E-state index contributed by atoms with van der Waals surface area (Å²) in [6, 6.07) is 10.2. The van der Waals surface area contributed by atoms with E-state index in [4.69, 9.17) is 0 Å². The molecule has 0 atom stereocenters. The SMILES string of the molecule is CC(C)(C)CNCc1ccc(N2CCC3(CC2)CCN(C2CCC2)CC3)cc1. The molecule has 0 bridgehead atoms. The van der Waals surface area contributed by atoms with E-state index in [0.717, 1.165) is 19.1 Å². The highest BCUT2D eigenvalue weighted by Crippen LogP contribution is 2.43. The molecule has 0 aromatic heterocycles. The number of rotatable bonds is 5. The lowest BCUT2D eigenvalue weighted by atomic mass is 9.70. The summed E-state index contributed by atoms with van der Waals surface area (Å²) in [6.45, 7) is 14.1. The highest BCUT2D eigenvalue weighted by Gasteiger charge is 2.39. The van der Waals surface area contributed by atoms with Crippen molar-refractivity contribution in [3.05, 3.63) is 29.8 Å². The van der Waals surface area contributed by atoms with Crippen LogP contribution in [0.15, 0.2) is 24.3 Å². The fraction of sp³-hybridized carbons (Fsp3) is 0.760. The third-order valence-electron chi connectivity index (χ3n) is 7.56. The van der Waals surface area contributed by atoms with Crippen molar-refractivity contribution in [3.63, 3.8) is 0 Å². The largest absolute Gasteiger partial charge is 0.371 e. The molecule has 156 valence electrons. The van der Waals surface area contributed by atoms with Crippen molar-refractivity contribution in [2.24, 2.45) is 10.8 Å². The molecule has 1 saturated carbocycles. The molecule has 0 radical (unpaired) electrons. The maximum Gasteiger partial charge on any atom is 0.0366 e. The van der Waals surface area contributed by atoms with Gasteiger partial charge in [-0.25, -0.2) is 0 Å². The summed E-state index contributed by atoms with van der Waals surface area (Å²) in [5, 5.41) is 3.58. The molecule has 2 saturated heterocycles. The summed E-state index contributed by atoms with van der Waals surface area (Å²) in [5.74, 6) is 0. The first-order valence-electron chi connectivity index (χ1n) is 11.7. The van der Waals surface area contributed by atoms with Crippen molar-refractivity contribution in [2.75, 3.05) is 37.6 Å². The van der Waals surface area contributed by atoms with Gasteiger partial charge in [0.25, 0.3) is 0 Å². The molecule has 4 rings (SSSR count). The maximum absolute atomic E-state index is 3.58. The Bertz CT molecular complexity index is 608. The van der Waals surface area contributed by atoms with Crippen molar-refractivity contribution in [3.8, 4) is 0 Å². The predicted octanol–water partition coefficient (Wildman–Crippen LogP) is 5.06. The Hall–Kier alpha value is -1.06. The first-order chi connectivity index (χ1) is 13.4.